The van der Waals surface area contributed by atoms with E-state index in [0.29, 0.717) is 17.9 Å². The van der Waals surface area contributed by atoms with Gasteiger partial charge in [0.15, 0.2) is 9.84 Å². The van der Waals surface area contributed by atoms with Crippen molar-refractivity contribution >= 4 is 21.4 Å². The Balaban J connectivity index is 2.60. The van der Waals surface area contributed by atoms with E-state index < -0.39 is 9.84 Å². The zero-order valence-electron chi connectivity index (χ0n) is 11.3. The maximum atomic E-state index is 11.8. The molecule has 1 atom stereocenters. The third-order valence-electron chi connectivity index (χ3n) is 3.20. The summed E-state index contributed by atoms with van der Waals surface area (Å²) in [6.45, 7) is 3.35. The lowest BCUT2D eigenvalue weighted by atomic mass is 9.98. The fourth-order valence-electron chi connectivity index (χ4n) is 1.82. The summed E-state index contributed by atoms with van der Waals surface area (Å²) in [6, 6.07) is 7.44. The fourth-order valence-corrected chi connectivity index (χ4v) is 3.17. The predicted molar refractivity (Wildman–Crippen MR) is 79.3 cm³/mol. The molecule has 3 nitrogen and oxygen atoms in total. The van der Waals surface area contributed by atoms with Gasteiger partial charge in [-0.3, -0.25) is 0 Å². The summed E-state index contributed by atoms with van der Waals surface area (Å²) in [5, 5.41) is 9.66. The minimum absolute atomic E-state index is 0.0138. The highest BCUT2D eigenvalue weighted by atomic mass is 35.5. The van der Waals surface area contributed by atoms with E-state index in [-0.39, 0.29) is 23.5 Å². The van der Waals surface area contributed by atoms with Crippen molar-refractivity contribution < 1.29 is 13.5 Å². The largest absolute Gasteiger partial charge is 0.396 e. The molecule has 0 radical (unpaired) electrons. The molecule has 1 N–H and O–H groups in total. The molecule has 0 spiro atoms. The van der Waals surface area contributed by atoms with Crippen molar-refractivity contribution in [3.05, 3.63) is 34.9 Å². The minimum atomic E-state index is -3.04. The van der Waals surface area contributed by atoms with Crippen LogP contribution >= 0.6 is 11.6 Å². The first kappa shape index (κ1) is 16.5. The van der Waals surface area contributed by atoms with Gasteiger partial charge in [-0.1, -0.05) is 23.7 Å². The van der Waals surface area contributed by atoms with Crippen LogP contribution in [0, 0.1) is 5.92 Å². The molecule has 0 aliphatic heterocycles. The molecule has 1 aromatic rings. The van der Waals surface area contributed by atoms with Crippen LogP contribution in [-0.4, -0.2) is 31.1 Å². The highest BCUT2D eigenvalue weighted by Gasteiger charge is 2.19. The topological polar surface area (TPSA) is 54.4 Å². The molecule has 0 fully saturated rings. The van der Waals surface area contributed by atoms with Gasteiger partial charge in [0, 0.05) is 11.6 Å². The van der Waals surface area contributed by atoms with E-state index in [0.717, 1.165) is 5.56 Å². The van der Waals surface area contributed by atoms with E-state index in [9.17, 15) is 13.5 Å². The molecule has 0 heterocycles. The van der Waals surface area contributed by atoms with Crippen LogP contribution in [0.2, 0.25) is 5.02 Å². The molecule has 0 aliphatic rings. The van der Waals surface area contributed by atoms with Crippen LogP contribution in [0.1, 0.15) is 25.8 Å². The monoisotopic (exact) mass is 304 g/mol. The van der Waals surface area contributed by atoms with E-state index in [1.54, 1.807) is 19.9 Å². The lowest BCUT2D eigenvalue weighted by Crippen LogP contribution is -2.21. The highest BCUT2D eigenvalue weighted by Crippen LogP contribution is 2.17. The Kier molecular flexibility index (Phi) is 6.30. The summed E-state index contributed by atoms with van der Waals surface area (Å²) >= 11 is 5.90. The van der Waals surface area contributed by atoms with Crippen LogP contribution in [0.25, 0.3) is 0 Å². The van der Waals surface area contributed by atoms with Gasteiger partial charge in [-0.15, -0.1) is 0 Å². The fraction of sp³-hybridized carbons (Fsp3) is 0.571. The van der Waals surface area contributed by atoms with Gasteiger partial charge in [-0.2, -0.15) is 0 Å². The average molecular weight is 305 g/mol. The number of rotatable bonds is 7. The maximum Gasteiger partial charge on any atom is 0.152 e. The zero-order valence-corrected chi connectivity index (χ0v) is 12.9. The Hall–Kier alpha value is -0.580. The number of hydrogen-bond acceptors (Lipinski definition) is 3. The second kappa shape index (κ2) is 7.27. The number of aliphatic hydroxyl groups excluding tert-OH is 1. The van der Waals surface area contributed by atoms with Gasteiger partial charge in [0.1, 0.15) is 0 Å². The number of halogens is 1. The van der Waals surface area contributed by atoms with Crippen molar-refractivity contribution in [2.24, 2.45) is 5.92 Å². The number of benzene rings is 1. The van der Waals surface area contributed by atoms with Gasteiger partial charge >= 0.3 is 0 Å². The number of aliphatic hydroxyl groups is 1. The Labute approximate surface area is 120 Å². The second-order valence-electron chi connectivity index (χ2n) is 5.09. The summed E-state index contributed by atoms with van der Waals surface area (Å²) < 4.78 is 23.5. The molecular formula is C14H21ClO3S. The molecule has 1 aromatic carbocycles. The van der Waals surface area contributed by atoms with Gasteiger partial charge in [0.25, 0.3) is 0 Å². The molecule has 1 unspecified atom stereocenters. The van der Waals surface area contributed by atoms with Crippen molar-refractivity contribution in [1.29, 1.82) is 0 Å². The SMILES string of the molecule is CC(C)S(=O)(=O)CCC(CO)Cc1cccc(Cl)c1. The first-order valence-electron chi connectivity index (χ1n) is 6.42. The van der Waals surface area contributed by atoms with Crippen LogP contribution in [0.4, 0.5) is 0 Å². The van der Waals surface area contributed by atoms with Crippen LogP contribution in [0.3, 0.4) is 0 Å². The first-order chi connectivity index (χ1) is 8.85. The van der Waals surface area contributed by atoms with Gasteiger partial charge < -0.3 is 5.11 Å². The molecule has 0 aromatic heterocycles. The summed E-state index contributed by atoms with van der Waals surface area (Å²) in [7, 11) is -3.04. The molecule has 0 aliphatic carbocycles. The Morgan fingerprint density at radius 2 is 2.00 bits per heavy atom. The Morgan fingerprint density at radius 3 is 2.53 bits per heavy atom. The maximum absolute atomic E-state index is 11.8. The third-order valence-corrected chi connectivity index (χ3v) is 5.68. The van der Waals surface area contributed by atoms with E-state index in [2.05, 4.69) is 0 Å². The second-order valence-corrected chi connectivity index (χ2v) is 8.20. The van der Waals surface area contributed by atoms with Crippen molar-refractivity contribution in [2.45, 2.75) is 31.9 Å². The molecule has 19 heavy (non-hydrogen) atoms. The number of sulfone groups is 1. The Morgan fingerprint density at radius 1 is 1.32 bits per heavy atom. The van der Waals surface area contributed by atoms with E-state index in [1.807, 2.05) is 18.2 Å². The van der Waals surface area contributed by atoms with Gasteiger partial charge in [-0.05, 0) is 50.3 Å². The summed E-state index contributed by atoms with van der Waals surface area (Å²) in [5.74, 6) is 0.0724. The summed E-state index contributed by atoms with van der Waals surface area (Å²) in [4.78, 5) is 0. The summed E-state index contributed by atoms with van der Waals surface area (Å²) in [6.07, 6.45) is 1.12. The van der Waals surface area contributed by atoms with Gasteiger partial charge in [-0.25, -0.2) is 8.42 Å². The Bertz CT molecular complexity index is 497. The van der Waals surface area contributed by atoms with E-state index in [1.165, 1.54) is 0 Å². The van der Waals surface area contributed by atoms with Crippen LogP contribution < -0.4 is 0 Å². The molecule has 5 heteroatoms. The standard InChI is InChI=1S/C14H21ClO3S/c1-11(2)19(17,18)7-6-13(10-16)8-12-4-3-5-14(15)9-12/h3-5,9,11,13,16H,6-8,10H2,1-2H3. The quantitative estimate of drug-likeness (QED) is 0.842. The van der Waals surface area contributed by atoms with Crippen molar-refractivity contribution in [1.82, 2.24) is 0 Å². The molecule has 0 bridgehead atoms. The lowest BCUT2D eigenvalue weighted by Gasteiger charge is -2.15. The number of hydrogen-bond donors (Lipinski definition) is 1. The van der Waals surface area contributed by atoms with Crippen LogP contribution in [-0.2, 0) is 16.3 Å². The average Bonchev–Trinajstić information content (AvgIpc) is 2.34. The van der Waals surface area contributed by atoms with E-state index >= 15 is 0 Å². The van der Waals surface area contributed by atoms with Crippen molar-refractivity contribution in [3.8, 4) is 0 Å². The van der Waals surface area contributed by atoms with E-state index in [4.69, 9.17) is 11.6 Å². The molecule has 108 valence electrons. The third kappa shape index (κ3) is 5.51. The molecule has 0 amide bonds. The summed E-state index contributed by atoms with van der Waals surface area (Å²) in [5.41, 5.74) is 1.02. The van der Waals surface area contributed by atoms with Crippen molar-refractivity contribution in [2.75, 3.05) is 12.4 Å². The van der Waals surface area contributed by atoms with Gasteiger partial charge in [0.2, 0.25) is 0 Å². The first-order valence-corrected chi connectivity index (χ1v) is 8.51. The minimum Gasteiger partial charge on any atom is -0.396 e. The predicted octanol–water partition coefficient (Wildman–Crippen LogP) is 2.70. The van der Waals surface area contributed by atoms with Crippen molar-refractivity contribution in [3.63, 3.8) is 0 Å². The van der Waals surface area contributed by atoms with Crippen LogP contribution in [0.5, 0.6) is 0 Å². The normalized spacial score (nSPS) is 13.7. The smallest absolute Gasteiger partial charge is 0.152 e. The zero-order chi connectivity index (χ0) is 14.5. The van der Waals surface area contributed by atoms with Gasteiger partial charge in [0.05, 0.1) is 11.0 Å². The van der Waals surface area contributed by atoms with Crippen LogP contribution in [0.15, 0.2) is 24.3 Å². The molecule has 1 rings (SSSR count). The molecule has 0 saturated carbocycles. The lowest BCUT2D eigenvalue weighted by molar-refractivity contribution is 0.222. The molecule has 0 saturated heterocycles. The molecular weight excluding hydrogens is 284 g/mol. The highest BCUT2D eigenvalue weighted by molar-refractivity contribution is 7.91.